The van der Waals surface area contributed by atoms with Crippen LogP contribution in [-0.2, 0) is 20.7 Å². The van der Waals surface area contributed by atoms with Gasteiger partial charge in [-0.25, -0.2) is 4.39 Å². The van der Waals surface area contributed by atoms with Gasteiger partial charge in [0.2, 0.25) is 5.91 Å². The van der Waals surface area contributed by atoms with Crippen LogP contribution < -0.4 is 10.1 Å². The lowest BCUT2D eigenvalue weighted by Gasteiger charge is -2.18. The van der Waals surface area contributed by atoms with Crippen LogP contribution in [-0.4, -0.2) is 26.1 Å². The molecule has 0 fully saturated rings. The number of nitrogens with one attached hydrogen (secondary N) is 1. The van der Waals surface area contributed by atoms with Gasteiger partial charge in [0.1, 0.15) is 11.6 Å². The normalized spacial score (nSPS) is 11.5. The molecule has 0 radical (unpaired) electrons. The molecule has 0 heterocycles. The van der Waals surface area contributed by atoms with Gasteiger partial charge in [-0.2, -0.15) is 0 Å². The smallest absolute Gasteiger partial charge is 0.307 e. The number of carbonyl (C=O) groups is 2. The highest BCUT2D eigenvalue weighted by atomic mass is 19.1. The fraction of sp³-hybridized carbons (Fsp3) is 0.263. The molecule has 0 saturated heterocycles. The summed E-state index contributed by atoms with van der Waals surface area (Å²) >= 11 is 0. The van der Waals surface area contributed by atoms with Crippen molar-refractivity contribution in [3.05, 3.63) is 65.5 Å². The van der Waals surface area contributed by atoms with E-state index in [9.17, 15) is 14.0 Å². The Morgan fingerprint density at radius 3 is 2.48 bits per heavy atom. The molecule has 0 aromatic heterocycles. The number of carbonyl (C=O) groups excluding carboxylic acids is 2. The van der Waals surface area contributed by atoms with Gasteiger partial charge in [0.05, 0.1) is 33.1 Å². The average Bonchev–Trinajstić information content (AvgIpc) is 2.61. The lowest BCUT2D eigenvalue weighted by Crippen LogP contribution is -2.31. The lowest BCUT2D eigenvalue weighted by atomic mass is 10.0. The number of methoxy groups -OCH3 is 2. The number of benzene rings is 2. The zero-order valence-electron chi connectivity index (χ0n) is 14.1. The monoisotopic (exact) mass is 345 g/mol. The number of hydrogen-bond donors (Lipinski definition) is 1. The Kier molecular flexibility index (Phi) is 6.51. The Morgan fingerprint density at radius 2 is 1.84 bits per heavy atom. The van der Waals surface area contributed by atoms with Crippen LogP contribution in [0.25, 0.3) is 0 Å². The van der Waals surface area contributed by atoms with E-state index in [0.29, 0.717) is 11.3 Å². The van der Waals surface area contributed by atoms with Gasteiger partial charge in [-0.1, -0.05) is 24.3 Å². The Bertz CT molecular complexity index is 730. The van der Waals surface area contributed by atoms with Crippen LogP contribution >= 0.6 is 0 Å². The predicted octanol–water partition coefficient (Wildman–Crippen LogP) is 2.80. The molecule has 5 nitrogen and oxygen atoms in total. The predicted molar refractivity (Wildman–Crippen MR) is 90.6 cm³/mol. The molecule has 0 unspecified atom stereocenters. The first kappa shape index (κ1) is 18.4. The molecule has 0 bridgehead atoms. The van der Waals surface area contributed by atoms with Crippen molar-refractivity contribution in [2.24, 2.45) is 0 Å². The van der Waals surface area contributed by atoms with E-state index < -0.39 is 12.0 Å². The van der Waals surface area contributed by atoms with E-state index in [1.54, 1.807) is 25.3 Å². The Labute approximate surface area is 145 Å². The van der Waals surface area contributed by atoms with E-state index in [2.05, 4.69) is 10.1 Å². The number of rotatable bonds is 7. The van der Waals surface area contributed by atoms with Gasteiger partial charge >= 0.3 is 5.97 Å². The number of ether oxygens (including phenoxy) is 2. The Morgan fingerprint density at radius 1 is 1.12 bits per heavy atom. The molecular weight excluding hydrogens is 325 g/mol. The van der Waals surface area contributed by atoms with Crippen molar-refractivity contribution in [1.29, 1.82) is 0 Å². The largest absolute Gasteiger partial charge is 0.497 e. The number of halogens is 1. The number of amides is 1. The molecule has 0 aliphatic rings. The molecule has 2 rings (SSSR count). The second-order valence-electron chi connectivity index (χ2n) is 5.48. The van der Waals surface area contributed by atoms with Crippen LogP contribution in [0.4, 0.5) is 4.39 Å². The van der Waals surface area contributed by atoms with Crippen molar-refractivity contribution >= 4 is 11.9 Å². The van der Waals surface area contributed by atoms with E-state index in [0.717, 1.165) is 5.56 Å². The highest BCUT2D eigenvalue weighted by Gasteiger charge is 2.19. The molecule has 2 aromatic rings. The first-order valence-corrected chi connectivity index (χ1v) is 7.76. The number of hydrogen-bond acceptors (Lipinski definition) is 4. The summed E-state index contributed by atoms with van der Waals surface area (Å²) in [5.74, 6) is -0.444. The second-order valence-corrected chi connectivity index (χ2v) is 5.48. The third-order valence-electron chi connectivity index (χ3n) is 3.70. The van der Waals surface area contributed by atoms with Crippen LogP contribution in [0.15, 0.2) is 48.5 Å². The van der Waals surface area contributed by atoms with E-state index >= 15 is 0 Å². The van der Waals surface area contributed by atoms with Gasteiger partial charge in [0.15, 0.2) is 0 Å². The zero-order chi connectivity index (χ0) is 18.2. The summed E-state index contributed by atoms with van der Waals surface area (Å²) in [5, 5.41) is 2.80. The maximum absolute atomic E-state index is 13.1. The fourth-order valence-corrected chi connectivity index (χ4v) is 2.41. The maximum Gasteiger partial charge on any atom is 0.307 e. The van der Waals surface area contributed by atoms with E-state index in [4.69, 9.17) is 4.74 Å². The Balaban J connectivity index is 2.10. The average molecular weight is 345 g/mol. The highest BCUT2D eigenvalue weighted by Crippen LogP contribution is 2.19. The third kappa shape index (κ3) is 5.60. The van der Waals surface area contributed by atoms with E-state index in [1.807, 2.05) is 6.07 Å². The Hall–Kier alpha value is -2.89. The quantitative estimate of drug-likeness (QED) is 0.784. The van der Waals surface area contributed by atoms with Crippen LogP contribution in [0.2, 0.25) is 0 Å². The summed E-state index contributed by atoms with van der Waals surface area (Å²) in [4.78, 5) is 24.0. The van der Waals surface area contributed by atoms with E-state index in [1.165, 1.54) is 31.4 Å². The van der Waals surface area contributed by atoms with Gasteiger partial charge in [0, 0.05) is 0 Å². The molecule has 0 aliphatic carbocycles. The van der Waals surface area contributed by atoms with Crippen molar-refractivity contribution in [2.75, 3.05) is 14.2 Å². The lowest BCUT2D eigenvalue weighted by molar-refractivity contribution is -0.141. The summed E-state index contributed by atoms with van der Waals surface area (Å²) in [6.45, 7) is 0. The molecular formula is C19H20FNO4. The standard InChI is InChI=1S/C19H20FNO4/c1-24-16-5-3-4-13(10-16)11-18(22)21-17(12-19(23)25-2)14-6-8-15(20)9-7-14/h3-10,17H,11-12H2,1-2H3,(H,21,22)/t17-/m0/s1. The summed E-state index contributed by atoms with van der Waals surface area (Å²) in [5.41, 5.74) is 1.42. The topological polar surface area (TPSA) is 64.6 Å². The first-order chi connectivity index (χ1) is 12.0. The molecule has 1 amide bonds. The van der Waals surface area contributed by atoms with Crippen molar-refractivity contribution in [2.45, 2.75) is 18.9 Å². The van der Waals surface area contributed by atoms with Gasteiger partial charge in [0.25, 0.3) is 0 Å². The van der Waals surface area contributed by atoms with Crippen molar-refractivity contribution < 1.29 is 23.5 Å². The van der Waals surface area contributed by atoms with Crippen LogP contribution in [0.5, 0.6) is 5.75 Å². The molecule has 0 saturated carbocycles. The minimum atomic E-state index is -0.592. The minimum Gasteiger partial charge on any atom is -0.497 e. The molecule has 0 spiro atoms. The molecule has 2 aromatic carbocycles. The van der Waals surface area contributed by atoms with Crippen molar-refractivity contribution in [3.8, 4) is 5.75 Å². The third-order valence-corrected chi connectivity index (χ3v) is 3.70. The molecule has 6 heteroatoms. The molecule has 0 aliphatic heterocycles. The van der Waals surface area contributed by atoms with Crippen molar-refractivity contribution in [1.82, 2.24) is 5.32 Å². The second kappa shape index (κ2) is 8.82. The number of esters is 1. The highest BCUT2D eigenvalue weighted by molar-refractivity contribution is 5.80. The minimum absolute atomic E-state index is 0.0357. The van der Waals surface area contributed by atoms with Crippen LogP contribution in [0.3, 0.4) is 0 Å². The zero-order valence-corrected chi connectivity index (χ0v) is 14.1. The van der Waals surface area contributed by atoms with E-state index in [-0.39, 0.29) is 24.6 Å². The van der Waals surface area contributed by atoms with Crippen LogP contribution in [0, 0.1) is 5.82 Å². The molecule has 1 N–H and O–H groups in total. The van der Waals surface area contributed by atoms with Gasteiger partial charge in [-0.05, 0) is 35.4 Å². The van der Waals surface area contributed by atoms with Gasteiger partial charge in [-0.15, -0.1) is 0 Å². The van der Waals surface area contributed by atoms with Crippen LogP contribution in [0.1, 0.15) is 23.6 Å². The fourth-order valence-electron chi connectivity index (χ4n) is 2.41. The van der Waals surface area contributed by atoms with Crippen molar-refractivity contribution in [3.63, 3.8) is 0 Å². The SMILES string of the molecule is COC(=O)C[C@H](NC(=O)Cc1cccc(OC)c1)c1ccc(F)cc1. The van der Waals surface area contributed by atoms with Gasteiger partial charge in [-0.3, -0.25) is 9.59 Å². The first-order valence-electron chi connectivity index (χ1n) is 7.76. The van der Waals surface area contributed by atoms with Gasteiger partial charge < -0.3 is 14.8 Å². The summed E-state index contributed by atoms with van der Waals surface area (Å²) in [6, 6.07) is 12.2. The molecule has 25 heavy (non-hydrogen) atoms. The summed E-state index contributed by atoms with van der Waals surface area (Å²) in [6.07, 6.45) is 0.0993. The molecule has 132 valence electrons. The summed E-state index contributed by atoms with van der Waals surface area (Å²) in [7, 11) is 2.84. The summed E-state index contributed by atoms with van der Waals surface area (Å²) < 4.78 is 22.9. The molecule has 1 atom stereocenters. The maximum atomic E-state index is 13.1.